The van der Waals surface area contributed by atoms with E-state index in [1.807, 2.05) is 13.8 Å². The molecule has 0 spiro atoms. The molecular formula is C14H22BrFN2O2S. The number of nitrogens with one attached hydrogen (secondary N) is 1. The molecule has 0 bridgehead atoms. The summed E-state index contributed by atoms with van der Waals surface area (Å²) in [6.07, 6.45) is 1.39. The summed E-state index contributed by atoms with van der Waals surface area (Å²) in [6.45, 7) is 4.87. The van der Waals surface area contributed by atoms with Crippen LogP contribution < -0.4 is 5.32 Å². The van der Waals surface area contributed by atoms with Crippen molar-refractivity contribution >= 4 is 26.0 Å². The van der Waals surface area contributed by atoms with Gasteiger partial charge in [-0.3, -0.25) is 0 Å². The Bertz CT molecular complexity index is 573. The molecule has 0 atom stereocenters. The molecule has 1 N–H and O–H groups in total. The number of benzene rings is 1. The van der Waals surface area contributed by atoms with E-state index in [4.69, 9.17) is 0 Å². The third-order valence-corrected chi connectivity index (χ3v) is 5.37. The van der Waals surface area contributed by atoms with Crippen LogP contribution in [-0.4, -0.2) is 32.9 Å². The molecule has 7 heteroatoms. The topological polar surface area (TPSA) is 49.4 Å². The molecule has 0 heterocycles. The van der Waals surface area contributed by atoms with Crippen molar-refractivity contribution in [2.24, 2.45) is 0 Å². The average Bonchev–Trinajstić information content (AvgIpc) is 2.42. The van der Waals surface area contributed by atoms with Crippen LogP contribution in [-0.2, 0) is 16.6 Å². The van der Waals surface area contributed by atoms with Crippen molar-refractivity contribution in [2.75, 3.05) is 20.1 Å². The fraction of sp³-hybridized carbons (Fsp3) is 0.571. The maximum Gasteiger partial charge on any atom is 0.246 e. The number of sulfonamides is 1. The van der Waals surface area contributed by atoms with Crippen LogP contribution in [0.4, 0.5) is 4.39 Å². The number of nitrogens with zero attached hydrogens (tertiary/aromatic N) is 1. The Hall–Kier alpha value is -0.500. The Morgan fingerprint density at radius 2 is 1.81 bits per heavy atom. The van der Waals surface area contributed by atoms with Crippen LogP contribution in [0.2, 0.25) is 0 Å². The molecule has 0 aromatic heterocycles. The molecule has 0 aliphatic carbocycles. The lowest BCUT2D eigenvalue weighted by Gasteiger charge is -2.22. The van der Waals surface area contributed by atoms with E-state index in [-0.39, 0.29) is 11.4 Å². The van der Waals surface area contributed by atoms with Gasteiger partial charge in [0.2, 0.25) is 10.0 Å². The molecule has 120 valence electrons. The normalized spacial score (nSPS) is 12.1. The van der Waals surface area contributed by atoms with Crippen LogP contribution >= 0.6 is 15.9 Å². The average molecular weight is 381 g/mol. The fourth-order valence-electron chi connectivity index (χ4n) is 2.12. The van der Waals surface area contributed by atoms with Crippen molar-refractivity contribution in [3.05, 3.63) is 28.0 Å². The van der Waals surface area contributed by atoms with E-state index in [0.29, 0.717) is 36.0 Å². The minimum atomic E-state index is -3.82. The molecule has 0 aliphatic heterocycles. The lowest BCUT2D eigenvalue weighted by atomic mass is 10.2. The van der Waals surface area contributed by atoms with Gasteiger partial charge in [-0.15, -0.1) is 0 Å². The third kappa shape index (κ3) is 4.48. The van der Waals surface area contributed by atoms with Gasteiger partial charge < -0.3 is 5.32 Å². The van der Waals surface area contributed by atoms with Gasteiger partial charge in [0.1, 0.15) is 10.7 Å². The van der Waals surface area contributed by atoms with E-state index in [0.717, 1.165) is 0 Å². The summed E-state index contributed by atoms with van der Waals surface area (Å²) in [7, 11) is -2.13. The highest BCUT2D eigenvalue weighted by Gasteiger charge is 2.28. The first-order valence-electron chi connectivity index (χ1n) is 7.01. The summed E-state index contributed by atoms with van der Waals surface area (Å²) in [5.74, 6) is -0.676. The van der Waals surface area contributed by atoms with Gasteiger partial charge in [0.05, 0.1) is 0 Å². The summed E-state index contributed by atoms with van der Waals surface area (Å²) < 4.78 is 41.8. The van der Waals surface area contributed by atoms with Gasteiger partial charge in [-0.1, -0.05) is 29.8 Å². The van der Waals surface area contributed by atoms with E-state index in [1.54, 1.807) is 13.1 Å². The van der Waals surface area contributed by atoms with Gasteiger partial charge in [0.25, 0.3) is 0 Å². The van der Waals surface area contributed by atoms with Gasteiger partial charge in [0.15, 0.2) is 0 Å². The van der Waals surface area contributed by atoms with Crippen LogP contribution in [0.1, 0.15) is 32.3 Å². The molecular weight excluding hydrogens is 359 g/mol. The van der Waals surface area contributed by atoms with E-state index in [1.165, 1.54) is 10.4 Å². The maximum absolute atomic E-state index is 14.5. The Kier molecular flexibility index (Phi) is 7.26. The van der Waals surface area contributed by atoms with Crippen molar-refractivity contribution in [3.63, 3.8) is 0 Å². The number of rotatable bonds is 8. The number of halogens is 2. The molecule has 0 aliphatic rings. The van der Waals surface area contributed by atoms with Gasteiger partial charge in [-0.25, -0.2) is 12.8 Å². The second kappa shape index (κ2) is 8.22. The van der Waals surface area contributed by atoms with Crippen LogP contribution in [0.25, 0.3) is 0 Å². The lowest BCUT2D eigenvalue weighted by molar-refractivity contribution is 0.406. The summed E-state index contributed by atoms with van der Waals surface area (Å²) >= 11 is 3.26. The predicted octanol–water partition coefficient (Wildman–Crippen LogP) is 3.12. The molecule has 0 unspecified atom stereocenters. The molecule has 4 nitrogen and oxygen atoms in total. The summed E-state index contributed by atoms with van der Waals surface area (Å²) in [5, 5.41) is 2.84. The van der Waals surface area contributed by atoms with Crippen LogP contribution in [0.5, 0.6) is 0 Å². The van der Waals surface area contributed by atoms with Gasteiger partial charge in [-0.05, 0) is 32.0 Å². The molecule has 0 amide bonds. The standard InChI is InChI=1S/C14H22BrFN2O2S/c1-4-6-18(7-5-2)21(19,20)13-9-12(15)8-11(10-17-3)14(13)16/h8-9,17H,4-7,10H2,1-3H3. The Labute approximate surface area is 134 Å². The molecule has 0 saturated carbocycles. The van der Waals surface area contributed by atoms with Gasteiger partial charge in [-0.2, -0.15) is 4.31 Å². The molecule has 21 heavy (non-hydrogen) atoms. The van der Waals surface area contributed by atoms with E-state index in [9.17, 15) is 12.8 Å². The molecule has 1 aromatic carbocycles. The van der Waals surface area contributed by atoms with Gasteiger partial charge >= 0.3 is 0 Å². The monoisotopic (exact) mass is 380 g/mol. The Morgan fingerprint density at radius 1 is 1.24 bits per heavy atom. The van der Waals surface area contributed by atoms with Crippen LogP contribution in [0.15, 0.2) is 21.5 Å². The van der Waals surface area contributed by atoms with Crippen molar-refractivity contribution in [1.82, 2.24) is 9.62 Å². The first-order valence-corrected chi connectivity index (χ1v) is 9.24. The van der Waals surface area contributed by atoms with Crippen molar-refractivity contribution in [2.45, 2.75) is 38.1 Å². The van der Waals surface area contributed by atoms with Crippen molar-refractivity contribution in [1.29, 1.82) is 0 Å². The zero-order valence-electron chi connectivity index (χ0n) is 12.6. The third-order valence-electron chi connectivity index (χ3n) is 3.01. The van der Waals surface area contributed by atoms with Crippen LogP contribution in [0.3, 0.4) is 0 Å². The smallest absolute Gasteiger partial charge is 0.246 e. The molecule has 0 saturated heterocycles. The highest BCUT2D eigenvalue weighted by atomic mass is 79.9. The number of hydrogen-bond donors (Lipinski definition) is 1. The summed E-state index contributed by atoms with van der Waals surface area (Å²) in [5.41, 5.74) is 0.332. The highest BCUT2D eigenvalue weighted by molar-refractivity contribution is 9.10. The molecule has 0 fully saturated rings. The predicted molar refractivity (Wildman–Crippen MR) is 86.2 cm³/mol. The fourth-order valence-corrected chi connectivity index (χ4v) is 4.53. The lowest BCUT2D eigenvalue weighted by Crippen LogP contribution is -2.33. The quantitative estimate of drug-likeness (QED) is 0.753. The first-order chi connectivity index (χ1) is 9.88. The van der Waals surface area contributed by atoms with Crippen molar-refractivity contribution in [3.8, 4) is 0 Å². The summed E-state index contributed by atoms with van der Waals surface area (Å²) in [6, 6.07) is 2.93. The van der Waals surface area contributed by atoms with E-state index < -0.39 is 15.8 Å². The highest BCUT2D eigenvalue weighted by Crippen LogP contribution is 2.27. The second-order valence-electron chi connectivity index (χ2n) is 4.81. The largest absolute Gasteiger partial charge is 0.316 e. The minimum Gasteiger partial charge on any atom is -0.316 e. The van der Waals surface area contributed by atoms with Crippen molar-refractivity contribution < 1.29 is 12.8 Å². The Balaban J connectivity index is 3.35. The second-order valence-corrected chi connectivity index (χ2v) is 7.63. The molecule has 1 aromatic rings. The minimum absolute atomic E-state index is 0.260. The zero-order chi connectivity index (χ0) is 16.0. The molecule has 1 rings (SSSR count). The summed E-state index contributed by atoms with van der Waals surface area (Å²) in [4.78, 5) is -0.260. The first kappa shape index (κ1) is 18.5. The maximum atomic E-state index is 14.5. The van der Waals surface area contributed by atoms with E-state index in [2.05, 4.69) is 21.2 Å². The van der Waals surface area contributed by atoms with Gasteiger partial charge in [0, 0.05) is 29.7 Å². The van der Waals surface area contributed by atoms with Crippen LogP contribution in [0, 0.1) is 5.82 Å². The Morgan fingerprint density at radius 3 is 2.29 bits per heavy atom. The molecule has 0 radical (unpaired) electrons. The zero-order valence-corrected chi connectivity index (χ0v) is 15.0. The SMILES string of the molecule is CCCN(CCC)S(=O)(=O)c1cc(Br)cc(CNC)c1F. The van der Waals surface area contributed by atoms with E-state index >= 15 is 0 Å². The number of hydrogen-bond acceptors (Lipinski definition) is 3.